The summed E-state index contributed by atoms with van der Waals surface area (Å²) in [6.07, 6.45) is 5.98. The molecule has 1 aliphatic carbocycles. The zero-order chi connectivity index (χ0) is 24.4. The molecular formula is C28H38N4O3. The lowest BCUT2D eigenvalue weighted by Crippen LogP contribution is -2.40. The number of methoxy groups -OCH3 is 1. The molecule has 0 bridgehead atoms. The molecule has 1 atom stereocenters. The molecule has 3 aliphatic rings. The van der Waals surface area contributed by atoms with Crippen molar-refractivity contribution in [1.82, 2.24) is 4.98 Å². The van der Waals surface area contributed by atoms with E-state index in [4.69, 9.17) is 9.47 Å². The minimum absolute atomic E-state index is 0.0361. The first-order valence-electron chi connectivity index (χ1n) is 13.1. The van der Waals surface area contributed by atoms with Crippen LogP contribution < -0.4 is 15.1 Å². The highest BCUT2D eigenvalue weighted by Crippen LogP contribution is 2.41. The molecule has 1 saturated carbocycles. The zero-order valence-corrected chi connectivity index (χ0v) is 21.2. The lowest BCUT2D eigenvalue weighted by atomic mass is 9.76. The summed E-state index contributed by atoms with van der Waals surface area (Å²) >= 11 is 0. The minimum atomic E-state index is 0.0361. The number of aromatic nitrogens is 1. The number of anilines is 4. The van der Waals surface area contributed by atoms with Crippen LogP contribution in [0.1, 0.15) is 45.1 Å². The highest BCUT2D eigenvalue weighted by Gasteiger charge is 2.36. The standard InChI is InChI=1S/C28H38N4O3/c1-19(2)26(34-3)20-6-8-21(9-7-20)28(33)32-18-22-5-4-12-29-27(22)30-24-11-10-23(17-25(24)32)31-13-15-35-16-14-31/h4-5,10-12,17,19-21,26H,6-9,13-16,18H2,1-3H3,(H,29,30)/t20-,21-,26?. The quantitative estimate of drug-likeness (QED) is 0.653. The van der Waals surface area contributed by atoms with Crippen molar-refractivity contribution in [2.45, 2.75) is 52.2 Å². The molecule has 2 aromatic rings. The number of rotatable bonds is 5. The van der Waals surface area contributed by atoms with Crippen molar-refractivity contribution in [2.75, 3.05) is 48.5 Å². The van der Waals surface area contributed by atoms with Gasteiger partial charge in [0.1, 0.15) is 5.82 Å². The number of nitrogens with zero attached hydrogens (tertiary/aromatic N) is 3. The molecule has 7 heteroatoms. The third-order valence-corrected chi connectivity index (χ3v) is 7.90. The first-order chi connectivity index (χ1) is 17.0. The summed E-state index contributed by atoms with van der Waals surface area (Å²) in [6.45, 7) is 8.17. The number of carbonyl (C=O) groups excluding carboxylic acids is 1. The van der Waals surface area contributed by atoms with Gasteiger partial charge in [-0.05, 0) is 61.8 Å². The van der Waals surface area contributed by atoms with Gasteiger partial charge in [0, 0.05) is 43.6 Å². The number of nitrogens with one attached hydrogen (secondary N) is 1. The van der Waals surface area contributed by atoms with Gasteiger partial charge in [0.2, 0.25) is 5.91 Å². The molecule has 7 nitrogen and oxygen atoms in total. The van der Waals surface area contributed by atoms with Crippen molar-refractivity contribution in [1.29, 1.82) is 0 Å². The van der Waals surface area contributed by atoms with E-state index in [9.17, 15) is 4.79 Å². The average Bonchev–Trinajstić information content (AvgIpc) is 3.06. The Hall–Kier alpha value is -2.64. The first-order valence-corrected chi connectivity index (χ1v) is 13.1. The van der Waals surface area contributed by atoms with Gasteiger partial charge in [-0.25, -0.2) is 4.98 Å². The Morgan fingerprint density at radius 2 is 1.91 bits per heavy atom. The van der Waals surface area contributed by atoms with Gasteiger partial charge in [0.05, 0.1) is 37.2 Å². The van der Waals surface area contributed by atoms with E-state index in [-0.39, 0.29) is 17.9 Å². The molecule has 5 rings (SSSR count). The van der Waals surface area contributed by atoms with E-state index < -0.39 is 0 Å². The number of amides is 1. The molecule has 0 radical (unpaired) electrons. The van der Waals surface area contributed by atoms with Crippen molar-refractivity contribution >= 4 is 28.8 Å². The maximum absolute atomic E-state index is 14.1. The lowest BCUT2D eigenvalue weighted by Gasteiger charge is -2.36. The SMILES string of the molecule is COC(C(C)C)[C@H]1CC[C@H](C(=O)N2Cc3cccnc3Nc3ccc(N4CCOCC4)cc32)CC1. The van der Waals surface area contributed by atoms with Crippen LogP contribution in [0.4, 0.5) is 22.9 Å². The predicted molar refractivity (Wildman–Crippen MR) is 139 cm³/mol. The number of hydrogen-bond acceptors (Lipinski definition) is 6. The van der Waals surface area contributed by atoms with Crippen molar-refractivity contribution < 1.29 is 14.3 Å². The molecule has 0 spiro atoms. The third-order valence-electron chi connectivity index (χ3n) is 7.90. The van der Waals surface area contributed by atoms with Crippen LogP contribution in [0.3, 0.4) is 0 Å². The fourth-order valence-electron chi connectivity index (χ4n) is 6.05. The van der Waals surface area contributed by atoms with Gasteiger partial charge in [0.25, 0.3) is 0 Å². The van der Waals surface area contributed by atoms with E-state index in [2.05, 4.69) is 53.3 Å². The molecule has 1 N–H and O–H groups in total. The van der Waals surface area contributed by atoms with E-state index in [0.717, 1.165) is 80.4 Å². The lowest BCUT2D eigenvalue weighted by molar-refractivity contribution is -0.124. The fraction of sp³-hybridized carbons (Fsp3) is 0.571. The summed E-state index contributed by atoms with van der Waals surface area (Å²) in [6, 6.07) is 10.4. The largest absolute Gasteiger partial charge is 0.381 e. The Morgan fingerprint density at radius 3 is 2.63 bits per heavy atom. The summed E-state index contributed by atoms with van der Waals surface area (Å²) in [4.78, 5) is 23.0. The van der Waals surface area contributed by atoms with E-state index in [1.165, 1.54) is 0 Å². The molecule has 188 valence electrons. The normalized spacial score (nSPS) is 23.2. The Morgan fingerprint density at radius 1 is 1.14 bits per heavy atom. The fourth-order valence-corrected chi connectivity index (χ4v) is 6.05. The summed E-state index contributed by atoms with van der Waals surface area (Å²) in [7, 11) is 1.82. The van der Waals surface area contributed by atoms with Crippen LogP contribution in [0.5, 0.6) is 0 Å². The molecule has 1 amide bonds. The molecule has 35 heavy (non-hydrogen) atoms. The van der Waals surface area contributed by atoms with Crippen molar-refractivity contribution in [3.05, 3.63) is 42.1 Å². The highest BCUT2D eigenvalue weighted by molar-refractivity contribution is 6.00. The van der Waals surface area contributed by atoms with Crippen molar-refractivity contribution in [3.8, 4) is 0 Å². The minimum Gasteiger partial charge on any atom is -0.381 e. The summed E-state index contributed by atoms with van der Waals surface area (Å²) in [5, 5.41) is 3.50. The predicted octanol–water partition coefficient (Wildman–Crippen LogP) is 4.99. The van der Waals surface area contributed by atoms with Crippen molar-refractivity contribution in [2.24, 2.45) is 17.8 Å². The summed E-state index contributed by atoms with van der Waals surface area (Å²) in [5.41, 5.74) is 4.05. The Balaban J connectivity index is 1.42. The average molecular weight is 479 g/mol. The van der Waals surface area contributed by atoms with Crippen molar-refractivity contribution in [3.63, 3.8) is 0 Å². The second-order valence-corrected chi connectivity index (χ2v) is 10.4. The van der Waals surface area contributed by atoms with Crippen LogP contribution >= 0.6 is 0 Å². The monoisotopic (exact) mass is 478 g/mol. The molecule has 1 aromatic carbocycles. The summed E-state index contributed by atoms with van der Waals surface area (Å²) < 4.78 is 11.4. The van der Waals surface area contributed by atoms with E-state index in [1.807, 2.05) is 18.1 Å². The Bertz CT molecular complexity index is 1030. The molecule has 1 saturated heterocycles. The van der Waals surface area contributed by atoms with Crippen LogP contribution in [0.25, 0.3) is 0 Å². The number of carbonyl (C=O) groups is 1. The molecule has 1 unspecified atom stereocenters. The number of benzene rings is 1. The number of hydrogen-bond donors (Lipinski definition) is 1. The van der Waals surface area contributed by atoms with Gasteiger partial charge in [-0.3, -0.25) is 4.79 Å². The maximum atomic E-state index is 14.1. The van der Waals surface area contributed by atoms with Gasteiger partial charge in [-0.2, -0.15) is 0 Å². The van der Waals surface area contributed by atoms with Crippen LogP contribution in [0.15, 0.2) is 36.5 Å². The number of pyridine rings is 1. The van der Waals surface area contributed by atoms with Crippen LogP contribution in [0.2, 0.25) is 0 Å². The summed E-state index contributed by atoms with van der Waals surface area (Å²) in [5.74, 6) is 2.10. The Labute approximate surface area is 208 Å². The van der Waals surface area contributed by atoms with Gasteiger partial charge in [0.15, 0.2) is 0 Å². The first kappa shape index (κ1) is 24.1. The molecule has 2 aliphatic heterocycles. The van der Waals surface area contributed by atoms with Crippen LogP contribution in [0, 0.1) is 17.8 Å². The topological polar surface area (TPSA) is 66.9 Å². The Kier molecular flexibility index (Phi) is 7.25. The molecule has 1 aromatic heterocycles. The molecule has 3 heterocycles. The highest BCUT2D eigenvalue weighted by atomic mass is 16.5. The number of ether oxygens (including phenoxy) is 2. The molecular weight excluding hydrogens is 440 g/mol. The van der Waals surface area contributed by atoms with E-state index in [1.54, 1.807) is 6.20 Å². The third kappa shape index (κ3) is 5.02. The second kappa shape index (κ2) is 10.5. The number of morpholine rings is 1. The number of fused-ring (bicyclic) bond motifs is 2. The maximum Gasteiger partial charge on any atom is 0.230 e. The van der Waals surface area contributed by atoms with E-state index in [0.29, 0.717) is 18.4 Å². The molecule has 2 fully saturated rings. The van der Waals surface area contributed by atoms with Gasteiger partial charge < -0.3 is 24.6 Å². The smallest absolute Gasteiger partial charge is 0.230 e. The van der Waals surface area contributed by atoms with Gasteiger partial charge in [-0.15, -0.1) is 0 Å². The second-order valence-electron chi connectivity index (χ2n) is 10.4. The van der Waals surface area contributed by atoms with Gasteiger partial charge >= 0.3 is 0 Å². The van der Waals surface area contributed by atoms with Gasteiger partial charge in [-0.1, -0.05) is 19.9 Å². The van der Waals surface area contributed by atoms with E-state index >= 15 is 0 Å². The van der Waals surface area contributed by atoms with Crippen LogP contribution in [-0.2, 0) is 20.8 Å². The van der Waals surface area contributed by atoms with Crippen LogP contribution in [-0.4, -0.2) is 50.4 Å². The zero-order valence-electron chi connectivity index (χ0n) is 21.2.